The maximum atomic E-state index is 12.0. The van der Waals surface area contributed by atoms with Crippen molar-refractivity contribution in [1.82, 2.24) is 5.32 Å². The summed E-state index contributed by atoms with van der Waals surface area (Å²) in [4.78, 5) is 23.9. The molecule has 0 saturated heterocycles. The molecule has 2 rings (SSSR count). The molecule has 1 amide bonds. The lowest BCUT2D eigenvalue weighted by Gasteiger charge is -2.19. The monoisotopic (exact) mass is 329 g/mol. The second-order valence-electron chi connectivity index (χ2n) is 6.28. The second-order valence-corrected chi connectivity index (χ2v) is 6.28. The number of hydrogen-bond donors (Lipinski definition) is 1. The summed E-state index contributed by atoms with van der Waals surface area (Å²) >= 11 is 0. The summed E-state index contributed by atoms with van der Waals surface area (Å²) in [6.07, 6.45) is 7.68. The van der Waals surface area contributed by atoms with E-state index in [4.69, 9.17) is 4.74 Å². The lowest BCUT2D eigenvalue weighted by molar-refractivity contribution is -0.116. The molecule has 1 aromatic carbocycles. The normalized spacial score (nSPS) is 15.5. The van der Waals surface area contributed by atoms with Crippen LogP contribution in [0.2, 0.25) is 0 Å². The van der Waals surface area contributed by atoms with Crippen molar-refractivity contribution in [3.05, 3.63) is 47.5 Å². The Morgan fingerprint density at radius 2 is 2.04 bits per heavy atom. The van der Waals surface area contributed by atoms with E-state index in [0.717, 1.165) is 49.7 Å². The van der Waals surface area contributed by atoms with E-state index >= 15 is 0 Å². The molecular weight excluding hydrogens is 302 g/mol. The summed E-state index contributed by atoms with van der Waals surface area (Å²) < 4.78 is 5.29. The van der Waals surface area contributed by atoms with Gasteiger partial charge in [-0.1, -0.05) is 49.8 Å². The van der Waals surface area contributed by atoms with Crippen molar-refractivity contribution in [2.75, 3.05) is 0 Å². The van der Waals surface area contributed by atoms with Gasteiger partial charge in [-0.2, -0.15) is 0 Å². The zero-order valence-electron chi connectivity index (χ0n) is 14.4. The van der Waals surface area contributed by atoms with E-state index in [1.807, 2.05) is 30.3 Å². The fourth-order valence-electron chi connectivity index (χ4n) is 2.95. The molecule has 130 valence electrons. The topological polar surface area (TPSA) is 55.4 Å². The van der Waals surface area contributed by atoms with E-state index in [9.17, 15) is 9.59 Å². The van der Waals surface area contributed by atoms with Crippen LogP contribution >= 0.6 is 0 Å². The number of alkyl carbamates (subject to hydrolysis) is 1. The number of benzene rings is 1. The highest BCUT2D eigenvalue weighted by Crippen LogP contribution is 2.20. The Balaban J connectivity index is 1.78. The first kappa shape index (κ1) is 18.2. The number of ether oxygens (including phenoxy) is 1. The number of Topliss-reactive ketones (excluding diaryl/α,β-unsaturated/α-hetero) is 1. The quantitative estimate of drug-likeness (QED) is 0.761. The Labute approximate surface area is 144 Å². The van der Waals surface area contributed by atoms with Gasteiger partial charge in [-0.25, -0.2) is 4.79 Å². The minimum atomic E-state index is -0.388. The minimum Gasteiger partial charge on any atom is -0.445 e. The number of hydrogen-bond acceptors (Lipinski definition) is 3. The maximum Gasteiger partial charge on any atom is 0.407 e. The Kier molecular flexibility index (Phi) is 7.53. The molecule has 1 aliphatic carbocycles. The predicted octanol–water partition coefficient (Wildman–Crippen LogP) is 4.54. The van der Waals surface area contributed by atoms with Gasteiger partial charge in [0.1, 0.15) is 6.61 Å². The van der Waals surface area contributed by atoms with Crippen molar-refractivity contribution in [3.8, 4) is 0 Å². The SMILES string of the molecule is CCC[C@H](CCC1=CCCCC1=O)NC(=O)OCc1ccccc1. The van der Waals surface area contributed by atoms with E-state index < -0.39 is 0 Å². The van der Waals surface area contributed by atoms with Crippen LogP contribution in [0.5, 0.6) is 0 Å². The van der Waals surface area contributed by atoms with E-state index in [1.54, 1.807) is 0 Å². The zero-order valence-corrected chi connectivity index (χ0v) is 14.4. The molecule has 0 heterocycles. The number of carbonyl (C=O) groups excluding carboxylic acids is 2. The van der Waals surface area contributed by atoms with Crippen molar-refractivity contribution in [1.29, 1.82) is 0 Å². The highest BCUT2D eigenvalue weighted by molar-refractivity contribution is 5.95. The molecule has 0 bridgehead atoms. The molecule has 0 aliphatic heterocycles. The third kappa shape index (κ3) is 6.19. The number of ketones is 1. The summed E-state index contributed by atoms with van der Waals surface area (Å²) in [7, 11) is 0. The van der Waals surface area contributed by atoms with Gasteiger partial charge in [0.05, 0.1) is 0 Å². The summed E-state index contributed by atoms with van der Waals surface area (Å²) in [6, 6.07) is 9.68. The summed E-state index contributed by atoms with van der Waals surface area (Å²) in [5.74, 6) is 0.267. The van der Waals surface area contributed by atoms with Gasteiger partial charge in [0.2, 0.25) is 0 Å². The molecule has 0 radical (unpaired) electrons. The molecular formula is C20H27NO3. The maximum absolute atomic E-state index is 12.0. The van der Waals surface area contributed by atoms with Crippen LogP contribution in [0, 0.1) is 0 Å². The average Bonchev–Trinajstić information content (AvgIpc) is 2.60. The average molecular weight is 329 g/mol. The molecule has 1 N–H and O–H groups in total. The predicted molar refractivity (Wildman–Crippen MR) is 94.6 cm³/mol. The van der Waals surface area contributed by atoms with Crippen LogP contribution in [0.25, 0.3) is 0 Å². The third-order valence-electron chi connectivity index (χ3n) is 4.29. The molecule has 0 unspecified atom stereocenters. The first-order chi connectivity index (χ1) is 11.7. The third-order valence-corrected chi connectivity index (χ3v) is 4.29. The molecule has 4 nitrogen and oxygen atoms in total. The number of nitrogens with one attached hydrogen (secondary N) is 1. The number of rotatable bonds is 8. The van der Waals surface area contributed by atoms with Crippen molar-refractivity contribution in [3.63, 3.8) is 0 Å². The van der Waals surface area contributed by atoms with E-state index in [2.05, 4.69) is 18.3 Å². The molecule has 1 aromatic rings. The Bertz CT molecular complexity index is 566. The van der Waals surface area contributed by atoms with Gasteiger partial charge in [-0.05, 0) is 43.2 Å². The van der Waals surface area contributed by atoms with E-state index in [1.165, 1.54) is 0 Å². The van der Waals surface area contributed by atoms with Crippen molar-refractivity contribution in [2.45, 2.75) is 64.5 Å². The lowest BCUT2D eigenvalue weighted by Crippen LogP contribution is -2.35. The van der Waals surface area contributed by atoms with Gasteiger partial charge in [0.25, 0.3) is 0 Å². The van der Waals surface area contributed by atoms with Gasteiger partial charge in [-0.3, -0.25) is 4.79 Å². The van der Waals surface area contributed by atoms with Crippen molar-refractivity contribution >= 4 is 11.9 Å². The van der Waals surface area contributed by atoms with E-state index in [-0.39, 0.29) is 24.5 Å². The van der Waals surface area contributed by atoms with Crippen molar-refractivity contribution in [2.24, 2.45) is 0 Å². The van der Waals surface area contributed by atoms with Crippen LogP contribution < -0.4 is 5.32 Å². The highest BCUT2D eigenvalue weighted by atomic mass is 16.5. The van der Waals surface area contributed by atoms with Crippen LogP contribution in [0.3, 0.4) is 0 Å². The van der Waals surface area contributed by atoms with Crippen molar-refractivity contribution < 1.29 is 14.3 Å². The standard InChI is InChI=1S/C20H27NO3/c1-2-8-18(14-13-17-11-6-7-12-19(17)22)21-20(23)24-15-16-9-4-3-5-10-16/h3-5,9-11,18H,2,6-8,12-15H2,1H3,(H,21,23)/t18-/m1/s1. The molecule has 0 aromatic heterocycles. The zero-order chi connectivity index (χ0) is 17.2. The van der Waals surface area contributed by atoms with Crippen LogP contribution in [-0.2, 0) is 16.1 Å². The van der Waals surface area contributed by atoms with Gasteiger partial charge in [-0.15, -0.1) is 0 Å². The van der Waals surface area contributed by atoms with Gasteiger partial charge >= 0.3 is 6.09 Å². The second kappa shape index (κ2) is 9.91. The first-order valence-electron chi connectivity index (χ1n) is 8.88. The molecule has 0 spiro atoms. The van der Waals surface area contributed by atoms with Gasteiger partial charge in [0.15, 0.2) is 5.78 Å². The largest absolute Gasteiger partial charge is 0.445 e. The Morgan fingerprint density at radius 1 is 1.25 bits per heavy atom. The Morgan fingerprint density at radius 3 is 2.75 bits per heavy atom. The van der Waals surface area contributed by atoms with Crippen LogP contribution in [0.4, 0.5) is 4.79 Å². The fourth-order valence-corrected chi connectivity index (χ4v) is 2.95. The molecule has 0 saturated carbocycles. The minimum absolute atomic E-state index is 0.0499. The molecule has 4 heteroatoms. The Hall–Kier alpha value is -2.10. The van der Waals surface area contributed by atoms with Crippen LogP contribution in [0.15, 0.2) is 42.0 Å². The molecule has 1 aliphatic rings. The molecule has 0 fully saturated rings. The fraction of sp³-hybridized carbons (Fsp3) is 0.500. The van der Waals surface area contributed by atoms with Gasteiger partial charge < -0.3 is 10.1 Å². The highest BCUT2D eigenvalue weighted by Gasteiger charge is 2.17. The number of carbonyl (C=O) groups is 2. The van der Waals surface area contributed by atoms with E-state index in [0.29, 0.717) is 6.42 Å². The molecule has 1 atom stereocenters. The lowest BCUT2D eigenvalue weighted by atomic mass is 9.92. The first-order valence-corrected chi connectivity index (χ1v) is 8.88. The summed E-state index contributed by atoms with van der Waals surface area (Å²) in [5, 5.41) is 2.94. The summed E-state index contributed by atoms with van der Waals surface area (Å²) in [6.45, 7) is 2.37. The van der Waals surface area contributed by atoms with Crippen LogP contribution in [0.1, 0.15) is 57.4 Å². The summed E-state index contributed by atoms with van der Waals surface area (Å²) in [5.41, 5.74) is 1.90. The van der Waals surface area contributed by atoms with Crippen LogP contribution in [-0.4, -0.2) is 17.9 Å². The number of amides is 1. The smallest absolute Gasteiger partial charge is 0.407 e. The molecule has 24 heavy (non-hydrogen) atoms. The number of allylic oxidation sites excluding steroid dienone is 2. The van der Waals surface area contributed by atoms with Gasteiger partial charge in [0, 0.05) is 12.5 Å².